The smallest absolute Gasteiger partial charge is 0.208 e. The summed E-state index contributed by atoms with van der Waals surface area (Å²) < 4.78 is 1.69. The van der Waals surface area contributed by atoms with Crippen molar-refractivity contribution in [2.75, 3.05) is 0 Å². The van der Waals surface area contributed by atoms with E-state index < -0.39 is 0 Å². The van der Waals surface area contributed by atoms with E-state index in [9.17, 15) is 0 Å². The van der Waals surface area contributed by atoms with Crippen LogP contribution in [0.1, 0.15) is 5.69 Å². The van der Waals surface area contributed by atoms with Crippen LogP contribution in [-0.2, 0) is 5.88 Å². The van der Waals surface area contributed by atoms with Crippen LogP contribution in [0.4, 0.5) is 0 Å². The number of alkyl halides is 1. The Balaban J connectivity index is 2.74. The second kappa shape index (κ2) is 2.92. The Morgan fingerprint density at radius 3 is 3.00 bits per heavy atom. The predicted octanol–water partition coefficient (Wildman–Crippen LogP) is 2.12. The average Bonchev–Trinajstić information content (AvgIpc) is 2.49. The summed E-state index contributed by atoms with van der Waals surface area (Å²) in [5, 5.41) is 0.399. The zero-order valence-corrected chi connectivity index (χ0v) is 7.55. The van der Waals surface area contributed by atoms with Gasteiger partial charge in [-0.15, -0.1) is 11.6 Å². The zero-order valence-electron chi connectivity index (χ0n) is 6.04. The van der Waals surface area contributed by atoms with E-state index in [0.29, 0.717) is 11.2 Å². The molecule has 5 heteroatoms. The second-order valence-electron chi connectivity index (χ2n) is 2.31. The molecule has 0 saturated heterocycles. The SMILES string of the molecule is ClCc1cn2c(Cl)nccc2n1. The third-order valence-corrected chi connectivity index (χ3v) is 2.08. The van der Waals surface area contributed by atoms with E-state index in [0.717, 1.165) is 11.3 Å². The van der Waals surface area contributed by atoms with Crippen molar-refractivity contribution in [3.05, 3.63) is 29.4 Å². The van der Waals surface area contributed by atoms with Crippen molar-refractivity contribution in [2.45, 2.75) is 5.88 Å². The van der Waals surface area contributed by atoms with Crippen LogP contribution in [0.25, 0.3) is 5.65 Å². The quantitative estimate of drug-likeness (QED) is 0.523. The molecular formula is C7H5Cl2N3. The van der Waals surface area contributed by atoms with Crippen molar-refractivity contribution in [1.29, 1.82) is 0 Å². The van der Waals surface area contributed by atoms with Crippen molar-refractivity contribution in [3.8, 4) is 0 Å². The lowest BCUT2D eigenvalue weighted by molar-refractivity contribution is 1.09. The first-order valence-corrected chi connectivity index (χ1v) is 4.27. The molecule has 0 aromatic carbocycles. The van der Waals surface area contributed by atoms with Crippen LogP contribution in [0.5, 0.6) is 0 Å². The fourth-order valence-electron chi connectivity index (χ4n) is 1.00. The number of imidazole rings is 1. The van der Waals surface area contributed by atoms with Crippen LogP contribution in [0, 0.1) is 0 Å². The fourth-order valence-corrected chi connectivity index (χ4v) is 1.32. The first-order valence-electron chi connectivity index (χ1n) is 3.35. The van der Waals surface area contributed by atoms with Crippen LogP contribution in [0.15, 0.2) is 18.5 Å². The van der Waals surface area contributed by atoms with E-state index in [4.69, 9.17) is 23.2 Å². The van der Waals surface area contributed by atoms with Crippen molar-refractivity contribution >= 4 is 28.8 Å². The maximum absolute atomic E-state index is 5.80. The van der Waals surface area contributed by atoms with Gasteiger partial charge < -0.3 is 0 Å². The molecule has 0 bridgehead atoms. The molecule has 0 fully saturated rings. The van der Waals surface area contributed by atoms with Crippen molar-refractivity contribution in [1.82, 2.24) is 14.4 Å². The second-order valence-corrected chi connectivity index (χ2v) is 2.91. The summed E-state index contributed by atoms with van der Waals surface area (Å²) >= 11 is 11.4. The van der Waals surface area contributed by atoms with Crippen molar-refractivity contribution < 1.29 is 0 Å². The van der Waals surface area contributed by atoms with Gasteiger partial charge in [-0.2, -0.15) is 0 Å². The molecule has 12 heavy (non-hydrogen) atoms. The maximum atomic E-state index is 5.80. The highest BCUT2D eigenvalue weighted by Crippen LogP contribution is 2.11. The Hall–Kier alpha value is -0.800. The van der Waals surface area contributed by atoms with E-state index >= 15 is 0 Å². The van der Waals surface area contributed by atoms with Gasteiger partial charge in [0, 0.05) is 12.4 Å². The van der Waals surface area contributed by atoms with Gasteiger partial charge >= 0.3 is 0 Å². The summed E-state index contributed by atoms with van der Waals surface area (Å²) in [7, 11) is 0. The van der Waals surface area contributed by atoms with Gasteiger partial charge in [-0.05, 0) is 17.7 Å². The Kier molecular flexibility index (Phi) is 1.90. The lowest BCUT2D eigenvalue weighted by Gasteiger charge is -1.92. The molecule has 2 heterocycles. The molecule has 0 aliphatic carbocycles. The first-order chi connectivity index (χ1) is 5.81. The standard InChI is InChI=1S/C7H5Cl2N3/c8-3-5-4-12-6(11-5)1-2-10-7(12)9/h1-2,4H,3H2. The largest absolute Gasteiger partial charge is 0.274 e. The predicted molar refractivity (Wildman–Crippen MR) is 47.6 cm³/mol. The number of halogens is 2. The van der Waals surface area contributed by atoms with Gasteiger partial charge in [-0.3, -0.25) is 4.40 Å². The van der Waals surface area contributed by atoms with E-state index in [2.05, 4.69) is 9.97 Å². The van der Waals surface area contributed by atoms with Crippen LogP contribution >= 0.6 is 23.2 Å². The minimum atomic E-state index is 0.387. The summed E-state index contributed by atoms with van der Waals surface area (Å²) in [6.07, 6.45) is 3.39. The molecular weight excluding hydrogens is 197 g/mol. The average molecular weight is 202 g/mol. The molecule has 2 aromatic heterocycles. The molecule has 2 rings (SSSR count). The van der Waals surface area contributed by atoms with Crippen LogP contribution in [0.2, 0.25) is 5.28 Å². The van der Waals surface area contributed by atoms with Gasteiger partial charge in [0.25, 0.3) is 0 Å². The number of fused-ring (bicyclic) bond motifs is 1. The van der Waals surface area contributed by atoms with Gasteiger partial charge in [-0.25, -0.2) is 9.97 Å². The lowest BCUT2D eigenvalue weighted by Crippen LogP contribution is -1.86. The Bertz CT molecular complexity index is 410. The number of rotatable bonds is 1. The van der Waals surface area contributed by atoms with Crippen molar-refractivity contribution in [3.63, 3.8) is 0 Å². The molecule has 0 aliphatic heterocycles. The van der Waals surface area contributed by atoms with E-state index in [-0.39, 0.29) is 0 Å². The van der Waals surface area contributed by atoms with Crippen LogP contribution in [-0.4, -0.2) is 14.4 Å². The molecule has 62 valence electrons. The van der Waals surface area contributed by atoms with E-state index in [1.165, 1.54) is 0 Å². The van der Waals surface area contributed by atoms with Gasteiger partial charge in [0.2, 0.25) is 5.28 Å². The highest BCUT2D eigenvalue weighted by atomic mass is 35.5. The monoisotopic (exact) mass is 201 g/mol. The fraction of sp³-hybridized carbons (Fsp3) is 0.143. The maximum Gasteiger partial charge on any atom is 0.208 e. The molecule has 2 aromatic rings. The highest BCUT2D eigenvalue weighted by Gasteiger charge is 2.02. The van der Waals surface area contributed by atoms with Crippen LogP contribution in [0.3, 0.4) is 0 Å². The van der Waals surface area contributed by atoms with Gasteiger partial charge in [0.1, 0.15) is 5.65 Å². The number of hydrogen-bond donors (Lipinski definition) is 0. The molecule has 0 spiro atoms. The minimum Gasteiger partial charge on any atom is -0.274 e. The van der Waals surface area contributed by atoms with E-state index in [1.54, 1.807) is 22.9 Å². The van der Waals surface area contributed by atoms with Crippen LogP contribution < -0.4 is 0 Å². The molecule has 0 unspecified atom stereocenters. The van der Waals surface area contributed by atoms with Gasteiger partial charge in [0.15, 0.2) is 0 Å². The summed E-state index contributed by atoms with van der Waals surface area (Å²) in [6.45, 7) is 0. The molecule has 0 atom stereocenters. The third kappa shape index (κ3) is 1.15. The number of hydrogen-bond acceptors (Lipinski definition) is 2. The third-order valence-electron chi connectivity index (χ3n) is 1.52. The van der Waals surface area contributed by atoms with Crippen molar-refractivity contribution in [2.24, 2.45) is 0 Å². The number of nitrogens with zero attached hydrogens (tertiary/aromatic N) is 3. The Morgan fingerprint density at radius 2 is 2.33 bits per heavy atom. The molecule has 0 N–H and O–H groups in total. The lowest BCUT2D eigenvalue weighted by atomic mass is 10.6. The topological polar surface area (TPSA) is 30.2 Å². The van der Waals surface area contributed by atoms with Gasteiger partial charge in [0.05, 0.1) is 11.6 Å². The van der Waals surface area contributed by atoms with Gasteiger partial charge in [-0.1, -0.05) is 0 Å². The number of aromatic nitrogens is 3. The molecule has 0 radical (unpaired) electrons. The first kappa shape index (κ1) is 7.83. The summed E-state index contributed by atoms with van der Waals surface area (Å²) in [4.78, 5) is 8.10. The molecule has 0 aliphatic rings. The highest BCUT2D eigenvalue weighted by molar-refractivity contribution is 6.28. The minimum absolute atomic E-state index is 0.387. The molecule has 0 amide bonds. The summed E-state index contributed by atoms with van der Waals surface area (Å²) in [5.74, 6) is 0.387. The zero-order chi connectivity index (χ0) is 8.55. The Labute approximate surface area is 79.0 Å². The summed E-state index contributed by atoms with van der Waals surface area (Å²) in [6, 6.07) is 1.78. The summed E-state index contributed by atoms with van der Waals surface area (Å²) in [5.41, 5.74) is 1.57. The van der Waals surface area contributed by atoms with E-state index in [1.807, 2.05) is 0 Å². The normalized spacial score (nSPS) is 10.8. The molecule has 0 saturated carbocycles. The Morgan fingerprint density at radius 1 is 1.50 bits per heavy atom. The molecule has 3 nitrogen and oxygen atoms in total.